The maximum Gasteiger partial charge on any atom is 0.211 e. The molecule has 17 heavy (non-hydrogen) atoms. The molecule has 0 amide bonds. The summed E-state index contributed by atoms with van der Waals surface area (Å²) in [6.45, 7) is 3.05. The molecular weight excluding hydrogens is 238 g/mol. The molecule has 0 atom stereocenters. The van der Waals surface area contributed by atoms with Gasteiger partial charge in [0.1, 0.15) is 5.82 Å². The van der Waals surface area contributed by atoms with Crippen LogP contribution in [-0.4, -0.2) is 44.1 Å². The van der Waals surface area contributed by atoms with E-state index >= 15 is 0 Å². The third-order valence-corrected chi connectivity index (χ3v) is 3.85. The summed E-state index contributed by atoms with van der Waals surface area (Å²) >= 11 is 0. The summed E-state index contributed by atoms with van der Waals surface area (Å²) in [6, 6.07) is 3.94. The SMILES string of the molecule is CCc1ccnc(NCCN(C)S(C)(=O)=O)c1. The number of pyridine rings is 1. The molecule has 1 aromatic rings. The molecule has 0 aliphatic rings. The van der Waals surface area contributed by atoms with Gasteiger partial charge in [-0.3, -0.25) is 0 Å². The van der Waals surface area contributed by atoms with Crippen LogP contribution in [0.15, 0.2) is 18.3 Å². The molecule has 0 radical (unpaired) electrons. The highest BCUT2D eigenvalue weighted by Gasteiger charge is 2.09. The Morgan fingerprint density at radius 2 is 2.18 bits per heavy atom. The van der Waals surface area contributed by atoms with Crippen LogP contribution in [0, 0.1) is 0 Å². The third kappa shape index (κ3) is 4.70. The van der Waals surface area contributed by atoms with E-state index in [1.54, 1.807) is 13.2 Å². The fourth-order valence-corrected chi connectivity index (χ4v) is 1.72. The predicted molar refractivity (Wildman–Crippen MR) is 69.6 cm³/mol. The summed E-state index contributed by atoms with van der Waals surface area (Å²) in [7, 11) is -1.53. The lowest BCUT2D eigenvalue weighted by atomic mass is 10.2. The van der Waals surface area contributed by atoms with Gasteiger partial charge in [0.15, 0.2) is 0 Å². The first-order chi connectivity index (χ1) is 7.93. The Labute approximate surface area is 103 Å². The van der Waals surface area contributed by atoms with E-state index < -0.39 is 10.0 Å². The highest BCUT2D eigenvalue weighted by atomic mass is 32.2. The van der Waals surface area contributed by atoms with Gasteiger partial charge in [0.05, 0.1) is 6.26 Å². The van der Waals surface area contributed by atoms with Gasteiger partial charge in [-0.1, -0.05) is 6.92 Å². The van der Waals surface area contributed by atoms with Crippen molar-refractivity contribution in [3.05, 3.63) is 23.9 Å². The molecule has 1 N–H and O–H groups in total. The first-order valence-electron chi connectivity index (χ1n) is 5.53. The van der Waals surface area contributed by atoms with Crippen molar-refractivity contribution in [3.8, 4) is 0 Å². The topological polar surface area (TPSA) is 62.3 Å². The normalized spacial score (nSPS) is 11.8. The zero-order valence-electron chi connectivity index (χ0n) is 10.5. The Kier molecular flexibility index (Phi) is 4.89. The molecular formula is C11H19N3O2S. The zero-order chi connectivity index (χ0) is 12.9. The zero-order valence-corrected chi connectivity index (χ0v) is 11.3. The number of hydrogen-bond donors (Lipinski definition) is 1. The number of aromatic nitrogens is 1. The van der Waals surface area contributed by atoms with Crippen LogP contribution in [0.4, 0.5) is 5.82 Å². The molecule has 0 aliphatic heterocycles. The molecule has 96 valence electrons. The minimum Gasteiger partial charge on any atom is -0.369 e. The molecule has 0 saturated heterocycles. The lowest BCUT2D eigenvalue weighted by Gasteiger charge is -2.14. The summed E-state index contributed by atoms with van der Waals surface area (Å²) in [5.41, 5.74) is 1.21. The van der Waals surface area contributed by atoms with Gasteiger partial charge in [0.2, 0.25) is 10.0 Å². The Morgan fingerprint density at radius 3 is 2.76 bits per heavy atom. The molecule has 0 fully saturated rings. The van der Waals surface area contributed by atoms with Gasteiger partial charge in [-0.05, 0) is 24.1 Å². The molecule has 1 aromatic heterocycles. The van der Waals surface area contributed by atoms with E-state index in [0.717, 1.165) is 12.2 Å². The lowest BCUT2D eigenvalue weighted by molar-refractivity contribution is 0.486. The van der Waals surface area contributed by atoms with Gasteiger partial charge in [-0.2, -0.15) is 0 Å². The van der Waals surface area contributed by atoms with Crippen LogP contribution < -0.4 is 5.32 Å². The van der Waals surface area contributed by atoms with E-state index in [4.69, 9.17) is 0 Å². The number of hydrogen-bond acceptors (Lipinski definition) is 4. The molecule has 0 saturated carbocycles. The number of aryl methyl sites for hydroxylation is 1. The van der Waals surface area contributed by atoms with Crippen molar-refractivity contribution in [1.82, 2.24) is 9.29 Å². The second kappa shape index (κ2) is 5.97. The maximum absolute atomic E-state index is 11.2. The van der Waals surface area contributed by atoms with Crippen LogP contribution in [0.5, 0.6) is 0 Å². The van der Waals surface area contributed by atoms with Gasteiger partial charge < -0.3 is 5.32 Å². The predicted octanol–water partition coefficient (Wildman–Crippen LogP) is 0.947. The van der Waals surface area contributed by atoms with Crippen molar-refractivity contribution in [2.75, 3.05) is 31.7 Å². The van der Waals surface area contributed by atoms with Crippen LogP contribution >= 0.6 is 0 Å². The van der Waals surface area contributed by atoms with Crippen LogP contribution in [0.2, 0.25) is 0 Å². The number of likely N-dealkylation sites (N-methyl/N-ethyl adjacent to an activating group) is 1. The smallest absolute Gasteiger partial charge is 0.211 e. The largest absolute Gasteiger partial charge is 0.369 e. The van der Waals surface area contributed by atoms with Crippen molar-refractivity contribution in [2.24, 2.45) is 0 Å². The number of nitrogens with zero attached hydrogens (tertiary/aromatic N) is 2. The van der Waals surface area contributed by atoms with Crippen LogP contribution in [0.3, 0.4) is 0 Å². The average Bonchev–Trinajstić information content (AvgIpc) is 2.28. The quantitative estimate of drug-likeness (QED) is 0.824. The molecule has 6 heteroatoms. The van der Waals surface area contributed by atoms with E-state index in [1.165, 1.54) is 16.1 Å². The van der Waals surface area contributed by atoms with Gasteiger partial charge in [0, 0.05) is 26.3 Å². The van der Waals surface area contributed by atoms with E-state index in [1.807, 2.05) is 12.1 Å². The van der Waals surface area contributed by atoms with Crippen molar-refractivity contribution in [3.63, 3.8) is 0 Å². The highest BCUT2D eigenvalue weighted by molar-refractivity contribution is 7.88. The highest BCUT2D eigenvalue weighted by Crippen LogP contribution is 2.06. The van der Waals surface area contributed by atoms with E-state index in [2.05, 4.69) is 17.2 Å². The van der Waals surface area contributed by atoms with E-state index in [9.17, 15) is 8.42 Å². The summed E-state index contributed by atoms with van der Waals surface area (Å²) < 4.78 is 23.6. The summed E-state index contributed by atoms with van der Waals surface area (Å²) in [4.78, 5) is 4.17. The maximum atomic E-state index is 11.2. The molecule has 1 heterocycles. The summed E-state index contributed by atoms with van der Waals surface area (Å²) in [5, 5.41) is 3.11. The number of anilines is 1. The van der Waals surface area contributed by atoms with Crippen molar-refractivity contribution >= 4 is 15.8 Å². The van der Waals surface area contributed by atoms with Crippen molar-refractivity contribution in [1.29, 1.82) is 0 Å². The van der Waals surface area contributed by atoms with Gasteiger partial charge in [0.25, 0.3) is 0 Å². The molecule has 0 bridgehead atoms. The van der Waals surface area contributed by atoms with Crippen molar-refractivity contribution < 1.29 is 8.42 Å². The molecule has 5 nitrogen and oxygen atoms in total. The summed E-state index contributed by atoms with van der Waals surface area (Å²) in [6.07, 6.45) is 3.91. The van der Waals surface area contributed by atoms with Gasteiger partial charge in [-0.15, -0.1) is 0 Å². The third-order valence-electron chi connectivity index (χ3n) is 2.53. The second-order valence-electron chi connectivity index (χ2n) is 3.91. The minimum absolute atomic E-state index is 0.427. The van der Waals surface area contributed by atoms with Gasteiger partial charge >= 0.3 is 0 Å². The molecule has 1 rings (SSSR count). The first-order valence-corrected chi connectivity index (χ1v) is 7.38. The van der Waals surface area contributed by atoms with E-state index in [-0.39, 0.29) is 0 Å². The first kappa shape index (κ1) is 13.9. The number of sulfonamides is 1. The molecule has 0 aromatic carbocycles. The van der Waals surface area contributed by atoms with Crippen molar-refractivity contribution in [2.45, 2.75) is 13.3 Å². The fraction of sp³-hybridized carbons (Fsp3) is 0.545. The summed E-state index contributed by atoms with van der Waals surface area (Å²) in [5.74, 6) is 0.784. The standard InChI is InChI=1S/C11H19N3O2S/c1-4-10-5-6-12-11(9-10)13-7-8-14(2)17(3,15)16/h5-6,9H,4,7-8H2,1-3H3,(H,12,13). The van der Waals surface area contributed by atoms with Crippen LogP contribution in [-0.2, 0) is 16.4 Å². The Morgan fingerprint density at radius 1 is 1.47 bits per heavy atom. The Bertz CT molecular complexity index is 460. The second-order valence-corrected chi connectivity index (χ2v) is 6.00. The average molecular weight is 257 g/mol. The Balaban J connectivity index is 2.46. The molecule has 0 spiro atoms. The lowest BCUT2D eigenvalue weighted by Crippen LogP contribution is -2.30. The van der Waals surface area contributed by atoms with E-state index in [0.29, 0.717) is 13.1 Å². The number of nitrogens with one attached hydrogen (secondary N) is 1. The molecule has 0 aliphatic carbocycles. The number of rotatable bonds is 6. The van der Waals surface area contributed by atoms with Crippen LogP contribution in [0.1, 0.15) is 12.5 Å². The van der Waals surface area contributed by atoms with Crippen LogP contribution in [0.25, 0.3) is 0 Å². The monoisotopic (exact) mass is 257 g/mol. The Hall–Kier alpha value is -1.14. The fourth-order valence-electron chi connectivity index (χ4n) is 1.30. The minimum atomic E-state index is -3.10. The van der Waals surface area contributed by atoms with Gasteiger partial charge in [-0.25, -0.2) is 17.7 Å². The molecule has 0 unspecified atom stereocenters.